The zero-order valence-corrected chi connectivity index (χ0v) is 21.9. The molecule has 2 aromatic carbocycles. The van der Waals surface area contributed by atoms with Crippen LogP contribution in [-0.4, -0.2) is 50.9 Å². The van der Waals surface area contributed by atoms with Crippen molar-refractivity contribution in [1.82, 2.24) is 9.97 Å². The number of morpholine rings is 1. The lowest BCUT2D eigenvalue weighted by atomic mass is 10.1. The molecule has 1 N–H and O–H groups in total. The standard InChI is InChI=1S/C23H25IN6O3S/c1-16-4-3-5-18(14-16)20-21-22(26-23(25-20)29-10-12-33-13-11-29)30(24-27-21)15-17-6-8-19(9-7-17)28-34(2,31)32/h3-9,14,28H,10-13,15H2,1-2H3. The Morgan fingerprint density at radius 1 is 1.09 bits per heavy atom. The van der Waals surface area contributed by atoms with Gasteiger partial charge in [-0.05, 0) is 30.7 Å². The van der Waals surface area contributed by atoms with Crippen LogP contribution in [0.4, 0.5) is 23.1 Å². The molecular weight excluding hydrogens is 567 g/mol. The fourth-order valence-corrected chi connectivity index (χ4v) is 6.42. The van der Waals surface area contributed by atoms with E-state index in [2.05, 4.69) is 37.9 Å². The van der Waals surface area contributed by atoms with E-state index in [-0.39, 0.29) is 0 Å². The predicted octanol–water partition coefficient (Wildman–Crippen LogP) is 4.38. The highest BCUT2D eigenvalue weighted by Gasteiger charge is 2.27. The molecule has 9 nitrogen and oxygen atoms in total. The summed E-state index contributed by atoms with van der Waals surface area (Å²) in [6.45, 7) is 5.56. The topological polar surface area (TPSA) is 100 Å². The number of aryl methyl sites for hydroxylation is 1. The van der Waals surface area contributed by atoms with Crippen molar-refractivity contribution < 1.29 is 13.2 Å². The Balaban J connectivity index is 1.49. The van der Waals surface area contributed by atoms with Gasteiger partial charge in [-0.1, -0.05) is 35.9 Å². The minimum absolute atomic E-state index is 0.547. The van der Waals surface area contributed by atoms with E-state index in [1.165, 1.54) is 5.56 Å². The predicted molar refractivity (Wildman–Crippen MR) is 142 cm³/mol. The maximum atomic E-state index is 11.5. The molecule has 0 aliphatic carbocycles. The molecule has 0 radical (unpaired) electrons. The van der Waals surface area contributed by atoms with Crippen LogP contribution < -0.4 is 12.7 Å². The summed E-state index contributed by atoms with van der Waals surface area (Å²) in [6.07, 6.45) is 1.14. The molecule has 0 bridgehead atoms. The summed E-state index contributed by atoms with van der Waals surface area (Å²) in [5.74, 6) is 1.57. The first-order valence-electron chi connectivity index (χ1n) is 10.9. The van der Waals surface area contributed by atoms with Crippen molar-refractivity contribution in [1.29, 1.82) is 0 Å². The smallest absolute Gasteiger partial charge is 0.229 e. The van der Waals surface area contributed by atoms with Gasteiger partial charge in [0, 0.05) is 24.3 Å². The quantitative estimate of drug-likeness (QED) is 0.335. The average molecular weight is 592 g/mol. The van der Waals surface area contributed by atoms with Crippen LogP contribution in [0.25, 0.3) is 11.3 Å². The molecule has 3 heterocycles. The molecule has 0 spiro atoms. The Hall–Kier alpha value is -2.64. The third-order valence-corrected chi connectivity index (χ3v) is 8.08. The van der Waals surface area contributed by atoms with Gasteiger partial charge in [0.05, 0.1) is 26.0 Å². The molecule has 178 valence electrons. The molecular formula is C23H25IN6O3S. The van der Waals surface area contributed by atoms with Gasteiger partial charge in [0.15, 0.2) is 5.82 Å². The maximum absolute atomic E-state index is 11.5. The second-order valence-corrected chi connectivity index (χ2v) is 12.1. The van der Waals surface area contributed by atoms with E-state index in [1.807, 2.05) is 18.2 Å². The molecule has 1 saturated heterocycles. The van der Waals surface area contributed by atoms with Crippen LogP contribution in [0.1, 0.15) is 11.1 Å². The molecule has 2 aliphatic rings. The second-order valence-electron chi connectivity index (χ2n) is 8.26. The molecule has 11 heteroatoms. The van der Waals surface area contributed by atoms with Crippen molar-refractivity contribution in [2.75, 3.05) is 45.3 Å². The summed E-state index contributed by atoms with van der Waals surface area (Å²) in [4.78, 5) is 12.1. The number of anilines is 3. The van der Waals surface area contributed by atoms with Crippen LogP contribution in [0, 0.1) is 6.92 Å². The fraction of sp³-hybridized carbons (Fsp3) is 0.304. The summed E-state index contributed by atoms with van der Waals surface area (Å²) in [7, 11) is -3.30. The van der Waals surface area contributed by atoms with Gasteiger partial charge >= 0.3 is 0 Å². The highest BCUT2D eigenvalue weighted by atomic mass is 127. The van der Waals surface area contributed by atoms with Gasteiger partial charge in [0.2, 0.25) is 16.0 Å². The van der Waals surface area contributed by atoms with Gasteiger partial charge in [0.1, 0.15) is 32.7 Å². The van der Waals surface area contributed by atoms with E-state index < -0.39 is 31.3 Å². The summed E-state index contributed by atoms with van der Waals surface area (Å²) in [6, 6.07) is 15.7. The molecule has 34 heavy (non-hydrogen) atoms. The SMILES string of the molecule is Cc1cccc(-c2nc(N3CCOCC3)nc3c2N=IN3Cc2ccc(NS(C)(=O)=O)cc2)c1. The van der Waals surface area contributed by atoms with Crippen LogP contribution in [0.15, 0.2) is 51.7 Å². The largest absolute Gasteiger partial charge is 0.378 e. The van der Waals surface area contributed by atoms with Crippen molar-refractivity contribution in [3.8, 4) is 11.3 Å². The number of ether oxygens (including phenoxy) is 1. The first-order valence-corrected chi connectivity index (χ1v) is 14.7. The third kappa shape index (κ3) is 5.20. The Kier molecular flexibility index (Phi) is 6.49. The normalized spacial score (nSPS) is 15.7. The maximum Gasteiger partial charge on any atom is 0.229 e. The number of fused-ring (bicyclic) bond motifs is 1. The summed E-state index contributed by atoms with van der Waals surface area (Å²) >= 11 is -0.657. The number of rotatable bonds is 6. The van der Waals surface area contributed by atoms with Crippen LogP contribution in [-0.2, 0) is 21.3 Å². The van der Waals surface area contributed by atoms with Crippen molar-refractivity contribution >= 4 is 54.5 Å². The minimum atomic E-state index is -3.30. The van der Waals surface area contributed by atoms with E-state index in [1.54, 1.807) is 12.1 Å². The summed E-state index contributed by atoms with van der Waals surface area (Å²) in [5, 5.41) is 0. The molecule has 1 fully saturated rings. The van der Waals surface area contributed by atoms with Gasteiger partial charge in [-0.2, -0.15) is 8.13 Å². The fourth-order valence-electron chi connectivity index (χ4n) is 3.85. The number of aromatic nitrogens is 2. The van der Waals surface area contributed by atoms with Crippen LogP contribution in [0.3, 0.4) is 0 Å². The number of nitrogens with zero attached hydrogens (tertiary/aromatic N) is 5. The third-order valence-electron chi connectivity index (χ3n) is 5.46. The van der Waals surface area contributed by atoms with E-state index in [0.29, 0.717) is 31.4 Å². The van der Waals surface area contributed by atoms with Crippen molar-refractivity contribution in [3.63, 3.8) is 0 Å². The molecule has 0 amide bonds. The Morgan fingerprint density at radius 3 is 2.56 bits per heavy atom. The highest BCUT2D eigenvalue weighted by Crippen LogP contribution is 2.47. The van der Waals surface area contributed by atoms with E-state index >= 15 is 0 Å². The molecule has 5 rings (SSSR count). The summed E-state index contributed by atoms with van der Waals surface area (Å²) < 4.78 is 38.1. The number of benzene rings is 2. The zero-order chi connectivity index (χ0) is 23.7. The van der Waals surface area contributed by atoms with E-state index in [0.717, 1.165) is 47.7 Å². The Morgan fingerprint density at radius 2 is 1.85 bits per heavy atom. The lowest BCUT2D eigenvalue weighted by molar-refractivity contribution is 0.122. The van der Waals surface area contributed by atoms with Gasteiger partial charge in [-0.3, -0.25) is 7.84 Å². The van der Waals surface area contributed by atoms with Crippen molar-refractivity contribution in [2.45, 2.75) is 13.5 Å². The molecule has 2 aliphatic heterocycles. The van der Waals surface area contributed by atoms with Crippen molar-refractivity contribution in [3.05, 3.63) is 59.7 Å². The number of halogens is 1. The van der Waals surface area contributed by atoms with Crippen molar-refractivity contribution in [2.24, 2.45) is 3.15 Å². The second kappa shape index (κ2) is 9.55. The molecule has 0 unspecified atom stereocenters. The number of sulfonamides is 1. The molecule has 0 saturated carbocycles. The first-order chi connectivity index (χ1) is 16.4. The van der Waals surface area contributed by atoms with Gasteiger partial charge in [0.25, 0.3) is 0 Å². The van der Waals surface area contributed by atoms with E-state index in [4.69, 9.17) is 17.8 Å². The highest BCUT2D eigenvalue weighted by molar-refractivity contribution is 14.2. The summed E-state index contributed by atoms with van der Waals surface area (Å²) in [5.41, 5.74) is 5.54. The van der Waals surface area contributed by atoms with Gasteiger partial charge in [-0.15, -0.1) is 0 Å². The van der Waals surface area contributed by atoms with Crippen LogP contribution >= 0.6 is 21.3 Å². The lowest BCUT2D eigenvalue weighted by Crippen LogP contribution is -2.37. The molecule has 0 atom stereocenters. The first kappa shape index (κ1) is 23.1. The lowest BCUT2D eigenvalue weighted by Gasteiger charge is -2.28. The van der Waals surface area contributed by atoms with Gasteiger partial charge in [-0.25, -0.2) is 13.4 Å². The number of nitrogens with one attached hydrogen (secondary N) is 1. The minimum Gasteiger partial charge on any atom is -0.378 e. The van der Waals surface area contributed by atoms with Crippen LogP contribution in [0.5, 0.6) is 0 Å². The zero-order valence-electron chi connectivity index (χ0n) is 18.9. The Labute approximate surface area is 209 Å². The average Bonchev–Trinajstić information content (AvgIpc) is 3.22. The van der Waals surface area contributed by atoms with Crippen LogP contribution in [0.2, 0.25) is 0 Å². The molecule has 3 aromatic rings. The molecule has 1 aromatic heterocycles. The number of hydrogen-bond acceptors (Lipinski definition) is 8. The van der Waals surface area contributed by atoms with Gasteiger partial charge < -0.3 is 9.64 Å². The Bertz CT molecular complexity index is 1340. The van der Waals surface area contributed by atoms with E-state index in [9.17, 15) is 8.42 Å². The number of hydrogen-bond donors (Lipinski definition) is 1. The monoisotopic (exact) mass is 592 g/mol.